The van der Waals surface area contributed by atoms with E-state index in [1.54, 1.807) is 40.0 Å². The van der Waals surface area contributed by atoms with E-state index >= 15 is 0 Å². The Morgan fingerprint density at radius 2 is 1.60 bits per heavy atom. The van der Waals surface area contributed by atoms with Crippen LogP contribution in [0.2, 0.25) is 0 Å². The lowest BCUT2D eigenvalue weighted by Crippen LogP contribution is -2.42. The monoisotopic (exact) mass is 589 g/mol. The molecule has 10 nitrogen and oxygen atoms in total. The Hall–Kier alpha value is -3.86. The summed E-state index contributed by atoms with van der Waals surface area (Å²) in [5.74, 6) is -4.40. The van der Waals surface area contributed by atoms with Crippen molar-refractivity contribution in [2.75, 3.05) is 20.8 Å². The molecule has 4 atom stereocenters. The van der Waals surface area contributed by atoms with Crippen molar-refractivity contribution in [3.63, 3.8) is 0 Å². The molecule has 0 amide bonds. The van der Waals surface area contributed by atoms with Gasteiger partial charge in [-0.25, -0.2) is 9.37 Å². The van der Waals surface area contributed by atoms with Gasteiger partial charge in [-0.15, -0.1) is 0 Å². The van der Waals surface area contributed by atoms with Crippen LogP contribution >= 0.6 is 0 Å². The molecule has 0 spiro atoms. The first kappa shape index (κ1) is 34.3. The number of carbonyl (C=O) groups excluding carboxylic acids is 4. The number of aromatic nitrogens is 1. The molecule has 0 bridgehead atoms. The SMILES string of the molecule is COCC[C@H](Cc1ccc(F)cc1)[C@@H](OC(=O)C(C)C)[C@H](C)OC(=O)[C@H](C)CC(=O)c1nccc(OC)c1OC(C)=O. The van der Waals surface area contributed by atoms with E-state index < -0.39 is 47.7 Å². The fourth-order valence-corrected chi connectivity index (χ4v) is 4.28. The molecular weight excluding hydrogens is 549 g/mol. The molecule has 0 N–H and O–H groups in total. The molecule has 42 heavy (non-hydrogen) atoms. The topological polar surface area (TPSA) is 127 Å². The zero-order valence-electron chi connectivity index (χ0n) is 25.2. The Labute approximate surface area is 245 Å². The number of Topliss-reactive ketones (excluding diaryl/α,β-unsaturated/α-hetero) is 1. The summed E-state index contributed by atoms with van der Waals surface area (Å²) in [6.45, 7) is 8.08. The maximum absolute atomic E-state index is 13.5. The lowest BCUT2D eigenvalue weighted by molar-refractivity contribution is -0.176. The number of methoxy groups -OCH3 is 2. The Bertz CT molecular complexity index is 1220. The van der Waals surface area contributed by atoms with Gasteiger partial charge in [-0.2, -0.15) is 0 Å². The van der Waals surface area contributed by atoms with Gasteiger partial charge in [-0.3, -0.25) is 19.2 Å². The number of halogens is 1. The van der Waals surface area contributed by atoms with E-state index in [2.05, 4.69) is 4.98 Å². The first-order chi connectivity index (χ1) is 19.9. The second kappa shape index (κ2) is 16.5. The summed E-state index contributed by atoms with van der Waals surface area (Å²) in [4.78, 5) is 54.5. The van der Waals surface area contributed by atoms with Crippen molar-refractivity contribution in [2.24, 2.45) is 17.8 Å². The lowest BCUT2D eigenvalue weighted by atomic mass is 9.88. The number of ether oxygens (including phenoxy) is 5. The number of pyridine rings is 1. The number of rotatable bonds is 16. The van der Waals surface area contributed by atoms with Crippen molar-refractivity contribution < 1.29 is 47.3 Å². The molecule has 230 valence electrons. The van der Waals surface area contributed by atoms with Crippen LogP contribution < -0.4 is 9.47 Å². The van der Waals surface area contributed by atoms with Crippen LogP contribution in [0, 0.1) is 23.6 Å². The van der Waals surface area contributed by atoms with E-state index in [-0.39, 0.29) is 35.3 Å². The van der Waals surface area contributed by atoms with Gasteiger partial charge in [0.25, 0.3) is 0 Å². The number of benzene rings is 1. The molecule has 11 heteroatoms. The summed E-state index contributed by atoms with van der Waals surface area (Å²) in [6, 6.07) is 7.45. The molecule has 0 aliphatic carbocycles. The smallest absolute Gasteiger partial charge is 0.309 e. The zero-order valence-corrected chi connectivity index (χ0v) is 25.2. The van der Waals surface area contributed by atoms with E-state index in [1.165, 1.54) is 45.4 Å². The largest absolute Gasteiger partial charge is 0.493 e. The fourth-order valence-electron chi connectivity index (χ4n) is 4.28. The Balaban J connectivity index is 2.25. The molecular formula is C31H40FNO9. The van der Waals surface area contributed by atoms with Crippen molar-refractivity contribution >= 4 is 23.7 Å². The Morgan fingerprint density at radius 1 is 0.929 bits per heavy atom. The number of nitrogens with zero attached hydrogens (tertiary/aromatic N) is 1. The van der Waals surface area contributed by atoms with Crippen LogP contribution in [0.5, 0.6) is 11.5 Å². The van der Waals surface area contributed by atoms with E-state index in [0.29, 0.717) is 19.4 Å². The highest BCUT2D eigenvalue weighted by Crippen LogP contribution is 2.31. The first-order valence-electron chi connectivity index (χ1n) is 13.8. The quantitative estimate of drug-likeness (QED) is 0.200. The fraction of sp³-hybridized carbons (Fsp3) is 0.516. The highest BCUT2D eigenvalue weighted by molar-refractivity contribution is 5.99. The van der Waals surface area contributed by atoms with Crippen LogP contribution in [0.15, 0.2) is 36.5 Å². The first-order valence-corrected chi connectivity index (χ1v) is 13.8. The number of carbonyl (C=O) groups is 4. The lowest BCUT2D eigenvalue weighted by Gasteiger charge is -2.32. The number of hydrogen-bond acceptors (Lipinski definition) is 10. The predicted octanol–water partition coefficient (Wildman–Crippen LogP) is 4.76. The van der Waals surface area contributed by atoms with Crippen LogP contribution in [0.1, 0.15) is 63.5 Å². The van der Waals surface area contributed by atoms with Gasteiger partial charge < -0.3 is 23.7 Å². The van der Waals surface area contributed by atoms with Gasteiger partial charge >= 0.3 is 17.9 Å². The number of ketones is 1. The number of hydrogen-bond donors (Lipinski definition) is 0. The maximum Gasteiger partial charge on any atom is 0.309 e. The van der Waals surface area contributed by atoms with Gasteiger partial charge in [-0.05, 0) is 37.5 Å². The molecule has 1 aromatic carbocycles. The minimum Gasteiger partial charge on any atom is -0.493 e. The van der Waals surface area contributed by atoms with E-state index in [9.17, 15) is 23.6 Å². The van der Waals surface area contributed by atoms with E-state index in [0.717, 1.165) is 5.56 Å². The standard InChI is InChI=1S/C31H40FNO9/c1-18(2)30(36)42-28(23(13-15-38-6)17-22-8-10-24(32)11-9-22)20(4)40-31(37)19(3)16-25(35)27-29(41-21(5)34)26(39-7)12-14-33-27/h8-12,14,18-20,23,28H,13,15-17H2,1-7H3/t19-,20+,23-,28+/m1/s1. The van der Waals surface area contributed by atoms with Crippen LogP contribution in [-0.4, -0.2) is 61.7 Å². The van der Waals surface area contributed by atoms with Crippen LogP contribution in [0.4, 0.5) is 4.39 Å². The van der Waals surface area contributed by atoms with Gasteiger partial charge in [0, 0.05) is 45.2 Å². The molecule has 0 saturated heterocycles. The molecule has 0 aliphatic heterocycles. The summed E-state index contributed by atoms with van der Waals surface area (Å²) in [5.41, 5.74) is 0.662. The van der Waals surface area contributed by atoms with Gasteiger partial charge in [-0.1, -0.05) is 32.9 Å². The van der Waals surface area contributed by atoms with Crippen LogP contribution in [0.25, 0.3) is 0 Å². The van der Waals surface area contributed by atoms with Crippen molar-refractivity contribution in [1.82, 2.24) is 4.98 Å². The molecule has 0 saturated carbocycles. The van der Waals surface area contributed by atoms with Gasteiger partial charge in [0.15, 0.2) is 17.2 Å². The third-order valence-corrected chi connectivity index (χ3v) is 6.55. The minimum absolute atomic E-state index is 0.131. The van der Waals surface area contributed by atoms with Gasteiger partial charge in [0.05, 0.1) is 18.9 Å². The molecule has 1 aromatic heterocycles. The summed E-state index contributed by atoms with van der Waals surface area (Å²) in [5, 5.41) is 0. The third-order valence-electron chi connectivity index (χ3n) is 6.55. The second-order valence-electron chi connectivity index (χ2n) is 10.4. The van der Waals surface area contributed by atoms with Gasteiger partial charge in [0.1, 0.15) is 18.0 Å². The predicted molar refractivity (Wildman–Crippen MR) is 151 cm³/mol. The van der Waals surface area contributed by atoms with Crippen LogP contribution in [0.3, 0.4) is 0 Å². The second-order valence-corrected chi connectivity index (χ2v) is 10.4. The Morgan fingerprint density at radius 3 is 2.17 bits per heavy atom. The normalized spacial score (nSPS) is 13.9. The number of esters is 3. The highest BCUT2D eigenvalue weighted by atomic mass is 19.1. The van der Waals surface area contributed by atoms with Gasteiger partial charge in [0.2, 0.25) is 5.75 Å². The molecule has 0 aliphatic rings. The molecule has 1 heterocycles. The molecule has 2 aromatic rings. The molecule has 0 fully saturated rings. The maximum atomic E-state index is 13.5. The molecule has 0 radical (unpaired) electrons. The molecule has 2 rings (SSSR count). The summed E-state index contributed by atoms with van der Waals surface area (Å²) in [6.07, 6.45) is 0.198. The third kappa shape index (κ3) is 10.2. The van der Waals surface area contributed by atoms with E-state index in [4.69, 9.17) is 23.7 Å². The van der Waals surface area contributed by atoms with Crippen LogP contribution in [-0.2, 0) is 35.0 Å². The summed E-state index contributed by atoms with van der Waals surface area (Å²) in [7, 11) is 2.91. The van der Waals surface area contributed by atoms with Crippen molar-refractivity contribution in [3.8, 4) is 11.5 Å². The molecule has 0 unspecified atom stereocenters. The zero-order chi connectivity index (χ0) is 31.4. The summed E-state index contributed by atoms with van der Waals surface area (Å²) >= 11 is 0. The summed E-state index contributed by atoms with van der Waals surface area (Å²) < 4.78 is 40.7. The Kier molecular flexibility index (Phi) is 13.5. The van der Waals surface area contributed by atoms with Crippen molar-refractivity contribution in [1.29, 1.82) is 0 Å². The highest BCUT2D eigenvalue weighted by Gasteiger charge is 2.35. The average Bonchev–Trinajstić information content (AvgIpc) is 2.94. The van der Waals surface area contributed by atoms with Crippen molar-refractivity contribution in [3.05, 3.63) is 53.6 Å². The van der Waals surface area contributed by atoms with Crippen molar-refractivity contribution in [2.45, 2.75) is 66.1 Å². The minimum atomic E-state index is -0.908. The van der Waals surface area contributed by atoms with E-state index in [1.807, 2.05) is 0 Å². The average molecular weight is 590 g/mol.